The molecule has 2 aromatic carbocycles. The first kappa shape index (κ1) is 15.0. The molecule has 0 spiro atoms. The van der Waals surface area contributed by atoms with Gasteiger partial charge in [0, 0.05) is 17.3 Å². The lowest BCUT2D eigenvalue weighted by molar-refractivity contribution is 1.17. The van der Waals surface area contributed by atoms with E-state index in [4.69, 9.17) is 11.6 Å². The first-order chi connectivity index (χ1) is 11.8. The molecule has 7 heteroatoms. The summed E-state index contributed by atoms with van der Waals surface area (Å²) in [7, 11) is 0. The summed E-state index contributed by atoms with van der Waals surface area (Å²) in [6.07, 6.45) is 4.98. The van der Waals surface area contributed by atoms with Gasteiger partial charge in [-0.05, 0) is 42.3 Å². The molecule has 4 aromatic rings. The Kier molecular flexibility index (Phi) is 4.06. The zero-order valence-electron chi connectivity index (χ0n) is 12.4. The highest BCUT2D eigenvalue weighted by molar-refractivity contribution is 8.00. The van der Waals surface area contributed by atoms with Crippen LogP contribution in [0.15, 0.2) is 66.0 Å². The summed E-state index contributed by atoms with van der Waals surface area (Å²) >= 11 is 7.65. The summed E-state index contributed by atoms with van der Waals surface area (Å²) in [5.41, 5.74) is 3.44. The zero-order chi connectivity index (χ0) is 16.4. The number of aromatic nitrogens is 4. The SMILES string of the molecule is Clc1ccccc1NSc1ccc2nc(-c3cnccn3)[nH]c2c1. The Balaban J connectivity index is 1.58. The highest BCUT2D eigenvalue weighted by atomic mass is 35.5. The number of aromatic amines is 1. The van der Waals surface area contributed by atoms with Crippen LogP contribution in [0.4, 0.5) is 5.69 Å². The lowest BCUT2D eigenvalue weighted by atomic mass is 10.3. The van der Waals surface area contributed by atoms with Gasteiger partial charge in [-0.15, -0.1) is 0 Å². The average molecular weight is 354 g/mol. The molecule has 2 heterocycles. The van der Waals surface area contributed by atoms with Crippen LogP contribution in [0.2, 0.25) is 5.02 Å². The fraction of sp³-hybridized carbons (Fsp3) is 0. The molecule has 2 N–H and O–H groups in total. The number of rotatable bonds is 4. The summed E-state index contributed by atoms with van der Waals surface area (Å²) in [6, 6.07) is 13.7. The molecule has 0 aliphatic heterocycles. The van der Waals surface area contributed by atoms with Gasteiger partial charge < -0.3 is 9.71 Å². The molecule has 0 amide bonds. The molecule has 0 bridgehead atoms. The van der Waals surface area contributed by atoms with Crippen molar-refractivity contribution in [2.45, 2.75) is 4.90 Å². The zero-order valence-corrected chi connectivity index (χ0v) is 14.0. The Morgan fingerprint density at radius 1 is 1.08 bits per heavy atom. The van der Waals surface area contributed by atoms with Gasteiger partial charge in [0.1, 0.15) is 5.69 Å². The molecule has 118 valence electrons. The molecule has 24 heavy (non-hydrogen) atoms. The summed E-state index contributed by atoms with van der Waals surface area (Å²) in [5.74, 6) is 0.708. The smallest absolute Gasteiger partial charge is 0.158 e. The Morgan fingerprint density at radius 2 is 2.00 bits per heavy atom. The molecular weight excluding hydrogens is 342 g/mol. The van der Waals surface area contributed by atoms with Gasteiger partial charge >= 0.3 is 0 Å². The number of anilines is 1. The third-order valence-electron chi connectivity index (χ3n) is 3.41. The Morgan fingerprint density at radius 3 is 2.83 bits per heavy atom. The summed E-state index contributed by atoms with van der Waals surface area (Å²) in [6.45, 7) is 0. The predicted octanol–water partition coefficient (Wildman–Crippen LogP) is 4.79. The van der Waals surface area contributed by atoms with Crippen LogP contribution < -0.4 is 4.72 Å². The van der Waals surface area contributed by atoms with Gasteiger partial charge in [0.15, 0.2) is 5.82 Å². The third kappa shape index (κ3) is 3.06. The number of H-pyrrole nitrogens is 1. The third-order valence-corrected chi connectivity index (χ3v) is 4.55. The van der Waals surface area contributed by atoms with Crippen molar-refractivity contribution in [1.82, 2.24) is 19.9 Å². The first-order valence-corrected chi connectivity index (χ1v) is 8.42. The Hall–Kier alpha value is -2.57. The Bertz CT molecular complexity index is 987. The first-order valence-electron chi connectivity index (χ1n) is 7.23. The van der Waals surface area contributed by atoms with E-state index in [-0.39, 0.29) is 0 Å². The summed E-state index contributed by atoms with van der Waals surface area (Å²) in [4.78, 5) is 17.2. The number of nitrogens with zero attached hydrogens (tertiary/aromatic N) is 3. The molecule has 2 aromatic heterocycles. The van der Waals surface area contributed by atoms with Crippen molar-refractivity contribution < 1.29 is 0 Å². The molecule has 0 saturated carbocycles. The van der Waals surface area contributed by atoms with Crippen LogP contribution in [0.1, 0.15) is 0 Å². The van der Waals surface area contributed by atoms with Crippen LogP contribution in [0.3, 0.4) is 0 Å². The molecule has 0 fully saturated rings. The van der Waals surface area contributed by atoms with E-state index in [1.165, 1.54) is 11.9 Å². The lowest BCUT2D eigenvalue weighted by Gasteiger charge is -2.06. The van der Waals surface area contributed by atoms with E-state index in [0.717, 1.165) is 27.3 Å². The van der Waals surface area contributed by atoms with E-state index in [1.54, 1.807) is 18.6 Å². The van der Waals surface area contributed by atoms with Crippen molar-refractivity contribution >= 4 is 40.3 Å². The van der Waals surface area contributed by atoms with Crippen LogP contribution >= 0.6 is 23.5 Å². The average Bonchev–Trinajstić information content (AvgIpc) is 3.05. The van der Waals surface area contributed by atoms with Crippen LogP contribution in [0.5, 0.6) is 0 Å². The van der Waals surface area contributed by atoms with Crippen molar-refractivity contribution in [2.24, 2.45) is 0 Å². The fourth-order valence-corrected chi connectivity index (χ4v) is 3.21. The van der Waals surface area contributed by atoms with Gasteiger partial charge in [-0.2, -0.15) is 0 Å². The topological polar surface area (TPSA) is 66.5 Å². The number of hydrogen-bond donors (Lipinski definition) is 2. The number of para-hydroxylation sites is 1. The summed E-state index contributed by atoms with van der Waals surface area (Å²) in [5, 5.41) is 0.692. The van der Waals surface area contributed by atoms with Gasteiger partial charge in [-0.3, -0.25) is 4.98 Å². The number of nitrogens with one attached hydrogen (secondary N) is 2. The lowest BCUT2D eigenvalue weighted by Crippen LogP contribution is -1.87. The number of fused-ring (bicyclic) bond motifs is 1. The minimum Gasteiger partial charge on any atom is -0.337 e. The summed E-state index contributed by atoms with van der Waals surface area (Å²) < 4.78 is 3.26. The minimum atomic E-state index is 0.692. The van der Waals surface area contributed by atoms with Crippen LogP contribution in [-0.2, 0) is 0 Å². The molecule has 5 nitrogen and oxygen atoms in total. The largest absolute Gasteiger partial charge is 0.337 e. The van der Waals surface area contributed by atoms with Crippen molar-refractivity contribution in [3.05, 3.63) is 66.1 Å². The van der Waals surface area contributed by atoms with Gasteiger partial charge in [-0.1, -0.05) is 23.7 Å². The molecule has 0 unspecified atom stereocenters. The quantitative estimate of drug-likeness (QED) is 0.516. The second-order valence-electron chi connectivity index (χ2n) is 5.04. The van der Waals surface area contributed by atoms with Crippen molar-refractivity contribution in [2.75, 3.05) is 4.72 Å². The molecule has 0 aliphatic carbocycles. The van der Waals surface area contributed by atoms with Gasteiger partial charge in [0.05, 0.1) is 27.9 Å². The monoisotopic (exact) mass is 353 g/mol. The van der Waals surface area contributed by atoms with Crippen LogP contribution in [0, 0.1) is 0 Å². The number of imidazole rings is 1. The normalized spacial score (nSPS) is 10.9. The van der Waals surface area contributed by atoms with E-state index in [9.17, 15) is 0 Å². The van der Waals surface area contributed by atoms with E-state index < -0.39 is 0 Å². The van der Waals surface area contributed by atoms with Crippen LogP contribution in [0.25, 0.3) is 22.6 Å². The second kappa shape index (κ2) is 6.51. The molecule has 0 aliphatic rings. The second-order valence-corrected chi connectivity index (χ2v) is 6.33. The van der Waals surface area contributed by atoms with Crippen molar-refractivity contribution in [3.63, 3.8) is 0 Å². The molecular formula is C17H12ClN5S. The molecule has 0 radical (unpaired) electrons. The fourth-order valence-electron chi connectivity index (χ4n) is 2.25. The van der Waals surface area contributed by atoms with E-state index in [1.807, 2.05) is 42.5 Å². The van der Waals surface area contributed by atoms with Crippen molar-refractivity contribution in [3.8, 4) is 11.5 Å². The molecule has 4 rings (SSSR count). The maximum absolute atomic E-state index is 6.15. The maximum atomic E-state index is 6.15. The number of benzene rings is 2. The van der Waals surface area contributed by atoms with E-state index in [2.05, 4.69) is 24.7 Å². The van der Waals surface area contributed by atoms with Gasteiger partial charge in [0.2, 0.25) is 0 Å². The van der Waals surface area contributed by atoms with E-state index in [0.29, 0.717) is 10.8 Å². The maximum Gasteiger partial charge on any atom is 0.158 e. The minimum absolute atomic E-state index is 0.692. The van der Waals surface area contributed by atoms with E-state index >= 15 is 0 Å². The molecule has 0 saturated heterocycles. The van der Waals surface area contributed by atoms with Gasteiger partial charge in [-0.25, -0.2) is 9.97 Å². The highest BCUT2D eigenvalue weighted by Gasteiger charge is 2.07. The van der Waals surface area contributed by atoms with Gasteiger partial charge in [0.25, 0.3) is 0 Å². The number of halogens is 1. The Labute approximate surface area is 147 Å². The predicted molar refractivity (Wildman–Crippen MR) is 98.1 cm³/mol. The highest BCUT2D eigenvalue weighted by Crippen LogP contribution is 2.29. The van der Waals surface area contributed by atoms with Crippen LogP contribution in [-0.4, -0.2) is 19.9 Å². The van der Waals surface area contributed by atoms with Crippen molar-refractivity contribution in [1.29, 1.82) is 0 Å². The molecule has 0 atom stereocenters. The standard InChI is InChI=1S/C17H12ClN5S/c18-12-3-1-2-4-13(12)23-24-11-5-6-14-15(9-11)22-17(21-14)16-10-19-7-8-20-16/h1-10,23H,(H,21,22). The number of hydrogen-bond acceptors (Lipinski definition) is 5.